The number of carbonyl (C=O) groups is 1. The van der Waals surface area contributed by atoms with Gasteiger partial charge in [-0.3, -0.25) is 4.79 Å². The first-order valence-corrected chi connectivity index (χ1v) is 5.02. The van der Waals surface area contributed by atoms with E-state index in [-0.39, 0.29) is 11.8 Å². The summed E-state index contributed by atoms with van der Waals surface area (Å²) in [7, 11) is 0. The van der Waals surface area contributed by atoms with E-state index in [1.807, 2.05) is 19.1 Å². The number of hydrogen-bond acceptors (Lipinski definition) is 2. The summed E-state index contributed by atoms with van der Waals surface area (Å²) < 4.78 is 0. The molecule has 0 aliphatic rings. The maximum absolute atomic E-state index is 11.6. The molecule has 0 heterocycles. The molecule has 3 heteroatoms. The molecule has 0 aromatic heterocycles. The summed E-state index contributed by atoms with van der Waals surface area (Å²) in [6.07, 6.45) is 1.16. The van der Waals surface area contributed by atoms with Crippen molar-refractivity contribution in [2.75, 3.05) is 0 Å². The first-order chi connectivity index (χ1) is 6.61. The Morgan fingerprint density at radius 2 is 2.14 bits per heavy atom. The molecule has 14 heavy (non-hydrogen) atoms. The normalized spacial score (nSPS) is 12.5. The van der Waals surface area contributed by atoms with Gasteiger partial charge in [-0.05, 0) is 25.5 Å². The van der Waals surface area contributed by atoms with Crippen molar-refractivity contribution in [3.05, 3.63) is 34.9 Å². The maximum Gasteiger partial charge on any atom is 0.164 e. The Kier molecular flexibility index (Phi) is 4.11. The second kappa shape index (κ2) is 5.13. The lowest BCUT2D eigenvalue weighted by atomic mass is 10.0. The van der Waals surface area contributed by atoms with Crippen LogP contribution < -0.4 is 5.73 Å². The molecule has 0 saturated carbocycles. The zero-order valence-electron chi connectivity index (χ0n) is 8.16. The van der Waals surface area contributed by atoms with Crippen LogP contribution in [-0.4, -0.2) is 11.8 Å². The van der Waals surface area contributed by atoms with Crippen molar-refractivity contribution in [2.45, 2.75) is 25.8 Å². The highest BCUT2D eigenvalue weighted by Gasteiger charge is 2.09. The van der Waals surface area contributed by atoms with Gasteiger partial charge in [0.25, 0.3) is 0 Å². The van der Waals surface area contributed by atoms with Gasteiger partial charge < -0.3 is 5.73 Å². The van der Waals surface area contributed by atoms with Gasteiger partial charge in [-0.15, -0.1) is 0 Å². The molecule has 2 N–H and O–H groups in total. The Morgan fingerprint density at radius 3 is 2.71 bits per heavy atom. The average Bonchev–Trinajstić information content (AvgIpc) is 2.15. The smallest absolute Gasteiger partial charge is 0.164 e. The van der Waals surface area contributed by atoms with Gasteiger partial charge in [0.15, 0.2) is 5.78 Å². The van der Waals surface area contributed by atoms with E-state index in [4.69, 9.17) is 17.3 Å². The summed E-state index contributed by atoms with van der Waals surface area (Å²) >= 11 is 5.88. The van der Waals surface area contributed by atoms with Crippen LogP contribution in [0.5, 0.6) is 0 Å². The van der Waals surface area contributed by atoms with Crippen LogP contribution in [0.25, 0.3) is 0 Å². The standard InChI is InChI=1S/C11H14ClNO/c1-8(13)6-7-11(14)9-4-2-3-5-10(9)12/h2-5,8H,6-7,13H2,1H3. The third-order valence-corrected chi connectivity index (χ3v) is 2.33. The van der Waals surface area contributed by atoms with E-state index in [1.165, 1.54) is 0 Å². The van der Waals surface area contributed by atoms with Crippen molar-refractivity contribution in [2.24, 2.45) is 5.73 Å². The molecule has 76 valence electrons. The molecule has 0 aliphatic carbocycles. The van der Waals surface area contributed by atoms with Crippen molar-refractivity contribution in [3.8, 4) is 0 Å². The predicted molar refractivity (Wildman–Crippen MR) is 58.7 cm³/mol. The van der Waals surface area contributed by atoms with Gasteiger partial charge >= 0.3 is 0 Å². The van der Waals surface area contributed by atoms with E-state index in [0.29, 0.717) is 23.4 Å². The zero-order chi connectivity index (χ0) is 10.6. The molecular weight excluding hydrogens is 198 g/mol. The number of benzene rings is 1. The average molecular weight is 212 g/mol. The van der Waals surface area contributed by atoms with Crippen LogP contribution in [0.2, 0.25) is 5.02 Å². The van der Waals surface area contributed by atoms with Gasteiger partial charge in [0.05, 0.1) is 5.02 Å². The molecule has 1 rings (SSSR count). The van der Waals surface area contributed by atoms with Gasteiger partial charge in [0, 0.05) is 18.0 Å². The minimum absolute atomic E-state index is 0.0569. The number of hydrogen-bond donors (Lipinski definition) is 1. The first-order valence-electron chi connectivity index (χ1n) is 4.64. The molecule has 1 aromatic carbocycles. The van der Waals surface area contributed by atoms with Crippen molar-refractivity contribution in [1.29, 1.82) is 0 Å². The van der Waals surface area contributed by atoms with Crippen molar-refractivity contribution in [3.63, 3.8) is 0 Å². The van der Waals surface area contributed by atoms with Crippen LogP contribution in [0, 0.1) is 0 Å². The fourth-order valence-electron chi connectivity index (χ4n) is 1.18. The van der Waals surface area contributed by atoms with Crippen LogP contribution in [0.3, 0.4) is 0 Å². The van der Waals surface area contributed by atoms with Gasteiger partial charge in [0.2, 0.25) is 0 Å². The lowest BCUT2D eigenvalue weighted by Gasteiger charge is -2.05. The number of ketones is 1. The van der Waals surface area contributed by atoms with Crippen molar-refractivity contribution in [1.82, 2.24) is 0 Å². The SMILES string of the molecule is CC(N)CCC(=O)c1ccccc1Cl. The minimum atomic E-state index is 0.0569. The van der Waals surface area contributed by atoms with E-state index < -0.39 is 0 Å². The minimum Gasteiger partial charge on any atom is -0.328 e. The summed E-state index contributed by atoms with van der Waals surface area (Å²) in [6.45, 7) is 1.89. The van der Waals surface area contributed by atoms with E-state index in [0.717, 1.165) is 0 Å². The third-order valence-electron chi connectivity index (χ3n) is 2.00. The molecule has 0 aliphatic heterocycles. The van der Waals surface area contributed by atoms with Gasteiger partial charge in [-0.25, -0.2) is 0 Å². The molecular formula is C11H14ClNO. The van der Waals surface area contributed by atoms with Crippen LogP contribution >= 0.6 is 11.6 Å². The monoisotopic (exact) mass is 211 g/mol. The summed E-state index contributed by atoms with van der Waals surface area (Å²) in [5.41, 5.74) is 6.16. The third kappa shape index (κ3) is 3.13. The quantitative estimate of drug-likeness (QED) is 0.779. The molecule has 0 saturated heterocycles. The summed E-state index contributed by atoms with van der Waals surface area (Å²) in [5.74, 6) is 0.0629. The molecule has 0 spiro atoms. The highest BCUT2D eigenvalue weighted by Crippen LogP contribution is 2.17. The van der Waals surface area contributed by atoms with Crippen LogP contribution in [-0.2, 0) is 0 Å². The van der Waals surface area contributed by atoms with Gasteiger partial charge in [-0.2, -0.15) is 0 Å². The summed E-state index contributed by atoms with van der Waals surface area (Å²) in [4.78, 5) is 11.6. The number of halogens is 1. The van der Waals surface area contributed by atoms with Gasteiger partial charge in [-0.1, -0.05) is 23.7 Å². The topological polar surface area (TPSA) is 43.1 Å². The van der Waals surface area contributed by atoms with Crippen LogP contribution in [0.1, 0.15) is 30.1 Å². The van der Waals surface area contributed by atoms with Crippen LogP contribution in [0.15, 0.2) is 24.3 Å². The maximum atomic E-state index is 11.6. The molecule has 0 amide bonds. The molecule has 1 atom stereocenters. The molecule has 1 aromatic rings. The van der Waals surface area contributed by atoms with Crippen molar-refractivity contribution >= 4 is 17.4 Å². The Hall–Kier alpha value is -0.860. The number of carbonyl (C=O) groups excluding carboxylic acids is 1. The predicted octanol–water partition coefficient (Wildman–Crippen LogP) is 2.65. The largest absolute Gasteiger partial charge is 0.328 e. The van der Waals surface area contributed by atoms with E-state index >= 15 is 0 Å². The molecule has 1 unspecified atom stereocenters. The summed E-state index contributed by atoms with van der Waals surface area (Å²) in [5, 5.41) is 0.516. The van der Waals surface area contributed by atoms with E-state index in [2.05, 4.69) is 0 Å². The lowest BCUT2D eigenvalue weighted by Crippen LogP contribution is -2.16. The fraction of sp³-hybridized carbons (Fsp3) is 0.364. The number of Topliss-reactive ketones (excluding diaryl/α,β-unsaturated/α-hetero) is 1. The highest BCUT2D eigenvalue weighted by molar-refractivity contribution is 6.33. The first kappa shape index (κ1) is 11.2. The molecule has 2 nitrogen and oxygen atoms in total. The van der Waals surface area contributed by atoms with Crippen LogP contribution in [0.4, 0.5) is 0 Å². The summed E-state index contributed by atoms with van der Waals surface area (Å²) in [6, 6.07) is 7.14. The number of nitrogens with two attached hydrogens (primary N) is 1. The Morgan fingerprint density at radius 1 is 1.50 bits per heavy atom. The Balaban J connectivity index is 2.65. The second-order valence-corrected chi connectivity index (χ2v) is 3.83. The molecule has 0 bridgehead atoms. The second-order valence-electron chi connectivity index (χ2n) is 3.42. The lowest BCUT2D eigenvalue weighted by molar-refractivity contribution is 0.0978. The Bertz CT molecular complexity index is 323. The molecule has 0 radical (unpaired) electrons. The highest BCUT2D eigenvalue weighted by atomic mass is 35.5. The Labute approximate surface area is 89.1 Å². The van der Waals surface area contributed by atoms with E-state index in [1.54, 1.807) is 12.1 Å². The molecule has 0 fully saturated rings. The van der Waals surface area contributed by atoms with Gasteiger partial charge in [0.1, 0.15) is 0 Å². The van der Waals surface area contributed by atoms with Crippen molar-refractivity contribution < 1.29 is 4.79 Å². The zero-order valence-corrected chi connectivity index (χ0v) is 8.92. The fourth-order valence-corrected chi connectivity index (χ4v) is 1.42. The van der Waals surface area contributed by atoms with E-state index in [9.17, 15) is 4.79 Å². The number of rotatable bonds is 4.